The van der Waals surface area contributed by atoms with E-state index in [4.69, 9.17) is 0 Å². The van der Waals surface area contributed by atoms with Crippen molar-refractivity contribution in [1.29, 1.82) is 0 Å². The molecule has 1 aromatic heterocycles. The number of carbonyl (C=O) groups is 1. The first-order valence-electron chi connectivity index (χ1n) is 9.30. The van der Waals surface area contributed by atoms with Crippen molar-refractivity contribution in [2.75, 3.05) is 0 Å². The molecule has 4 aromatic rings. The maximum atomic E-state index is 12.6. The molecule has 0 aliphatic heterocycles. The summed E-state index contributed by atoms with van der Waals surface area (Å²) in [6.07, 6.45) is 3.41. The molecule has 0 fully saturated rings. The Hall–Kier alpha value is -4.05. The van der Waals surface area contributed by atoms with Crippen LogP contribution in [0.15, 0.2) is 115 Å². The second-order valence-corrected chi connectivity index (χ2v) is 6.45. The quantitative estimate of drug-likeness (QED) is 0.396. The zero-order valence-corrected chi connectivity index (χ0v) is 15.7. The Morgan fingerprint density at radius 1 is 0.621 bits per heavy atom. The smallest absolute Gasteiger partial charge is 0.267 e. The van der Waals surface area contributed by atoms with Gasteiger partial charge in [0.1, 0.15) is 0 Å². The van der Waals surface area contributed by atoms with E-state index in [1.807, 2.05) is 97.1 Å². The summed E-state index contributed by atoms with van der Waals surface area (Å²) in [5.74, 6) is -0.257. The number of hydrazone groups is 1. The van der Waals surface area contributed by atoms with E-state index < -0.39 is 0 Å². The number of hydrogen-bond donors (Lipinski definition) is 1. The van der Waals surface area contributed by atoms with Crippen molar-refractivity contribution in [3.8, 4) is 11.1 Å². The van der Waals surface area contributed by atoms with Gasteiger partial charge in [-0.3, -0.25) is 9.78 Å². The monoisotopic (exact) mass is 377 g/mol. The highest BCUT2D eigenvalue weighted by atomic mass is 16.2. The fourth-order valence-corrected chi connectivity index (χ4v) is 3.02. The van der Waals surface area contributed by atoms with Gasteiger partial charge in [-0.15, -0.1) is 0 Å². The molecule has 4 heteroatoms. The molecule has 1 N–H and O–H groups in total. The van der Waals surface area contributed by atoms with Crippen LogP contribution in [-0.4, -0.2) is 16.6 Å². The molecule has 4 rings (SSSR count). The molecule has 0 bridgehead atoms. The van der Waals surface area contributed by atoms with Crippen molar-refractivity contribution < 1.29 is 4.79 Å². The van der Waals surface area contributed by atoms with Gasteiger partial charge in [0.15, 0.2) is 0 Å². The molecule has 0 saturated heterocycles. The van der Waals surface area contributed by atoms with Crippen molar-refractivity contribution in [2.24, 2.45) is 5.10 Å². The average Bonchev–Trinajstić information content (AvgIpc) is 2.81. The SMILES string of the molecule is O=C(NN=C(c1ccccc1)c1ccncc1)c1ccc(-c2ccccc2)cc1. The zero-order valence-electron chi connectivity index (χ0n) is 15.7. The summed E-state index contributed by atoms with van der Waals surface area (Å²) in [6, 6.07) is 31.0. The number of hydrogen-bond acceptors (Lipinski definition) is 3. The van der Waals surface area contributed by atoms with E-state index in [-0.39, 0.29) is 5.91 Å². The van der Waals surface area contributed by atoms with E-state index in [0.717, 1.165) is 22.3 Å². The van der Waals surface area contributed by atoms with Crippen molar-refractivity contribution in [3.05, 3.63) is 126 Å². The van der Waals surface area contributed by atoms with Crippen LogP contribution in [0.2, 0.25) is 0 Å². The minimum absolute atomic E-state index is 0.257. The first kappa shape index (κ1) is 18.3. The van der Waals surface area contributed by atoms with Crippen LogP contribution in [0.3, 0.4) is 0 Å². The first-order valence-corrected chi connectivity index (χ1v) is 9.30. The number of carbonyl (C=O) groups excluding carboxylic acids is 1. The fraction of sp³-hybridized carbons (Fsp3) is 0. The van der Waals surface area contributed by atoms with Crippen LogP contribution < -0.4 is 5.43 Å². The molecule has 0 saturated carbocycles. The molecule has 0 atom stereocenters. The highest BCUT2D eigenvalue weighted by Crippen LogP contribution is 2.19. The molecule has 0 unspecified atom stereocenters. The Morgan fingerprint density at radius 3 is 1.83 bits per heavy atom. The lowest BCUT2D eigenvalue weighted by Crippen LogP contribution is -2.20. The summed E-state index contributed by atoms with van der Waals surface area (Å²) in [5, 5.41) is 4.41. The molecular weight excluding hydrogens is 358 g/mol. The number of pyridine rings is 1. The van der Waals surface area contributed by atoms with Crippen LogP contribution in [0.4, 0.5) is 0 Å². The summed E-state index contributed by atoms with van der Waals surface area (Å²) in [6.45, 7) is 0. The minimum Gasteiger partial charge on any atom is -0.267 e. The average molecular weight is 377 g/mol. The van der Waals surface area contributed by atoms with E-state index in [2.05, 4.69) is 15.5 Å². The fourth-order valence-electron chi connectivity index (χ4n) is 3.02. The second-order valence-electron chi connectivity index (χ2n) is 6.45. The number of rotatable bonds is 5. The van der Waals surface area contributed by atoms with E-state index in [0.29, 0.717) is 11.3 Å². The zero-order chi connectivity index (χ0) is 19.9. The highest BCUT2D eigenvalue weighted by Gasteiger charge is 2.09. The molecule has 1 amide bonds. The summed E-state index contributed by atoms with van der Waals surface area (Å²) in [5.41, 5.74) is 7.89. The first-order chi connectivity index (χ1) is 14.3. The summed E-state index contributed by atoms with van der Waals surface area (Å²) in [7, 11) is 0. The molecular formula is C25H19N3O. The van der Waals surface area contributed by atoms with E-state index >= 15 is 0 Å². The topological polar surface area (TPSA) is 54.4 Å². The van der Waals surface area contributed by atoms with Crippen molar-refractivity contribution in [2.45, 2.75) is 0 Å². The van der Waals surface area contributed by atoms with Gasteiger partial charge in [-0.1, -0.05) is 72.8 Å². The predicted octanol–water partition coefficient (Wildman–Crippen LogP) is 4.93. The lowest BCUT2D eigenvalue weighted by atomic mass is 10.0. The summed E-state index contributed by atoms with van der Waals surface area (Å²) in [4.78, 5) is 16.7. The Labute approximate surface area is 169 Å². The Bertz CT molecular complexity index is 1070. The van der Waals surface area contributed by atoms with Crippen LogP contribution in [0.5, 0.6) is 0 Å². The van der Waals surface area contributed by atoms with Gasteiger partial charge in [0.25, 0.3) is 5.91 Å². The van der Waals surface area contributed by atoms with E-state index in [1.54, 1.807) is 12.4 Å². The third kappa shape index (κ3) is 4.45. The number of aromatic nitrogens is 1. The highest BCUT2D eigenvalue weighted by molar-refractivity contribution is 6.13. The Balaban J connectivity index is 1.57. The van der Waals surface area contributed by atoms with Gasteiger partial charge >= 0.3 is 0 Å². The van der Waals surface area contributed by atoms with Gasteiger partial charge < -0.3 is 0 Å². The molecule has 0 radical (unpaired) electrons. The molecule has 0 aliphatic carbocycles. The predicted molar refractivity (Wildman–Crippen MR) is 116 cm³/mol. The van der Waals surface area contributed by atoms with Crippen LogP contribution in [0.1, 0.15) is 21.5 Å². The molecule has 140 valence electrons. The van der Waals surface area contributed by atoms with Gasteiger partial charge in [0, 0.05) is 29.1 Å². The lowest BCUT2D eigenvalue weighted by molar-refractivity contribution is 0.0955. The maximum absolute atomic E-state index is 12.6. The second kappa shape index (κ2) is 8.76. The molecule has 4 nitrogen and oxygen atoms in total. The third-order valence-electron chi connectivity index (χ3n) is 4.52. The Kier molecular flexibility index (Phi) is 5.53. The normalized spacial score (nSPS) is 11.1. The standard InChI is InChI=1S/C25H19N3O/c29-25(23-13-11-20(12-14-23)19-7-3-1-4-8-19)28-27-24(21-9-5-2-6-10-21)22-15-17-26-18-16-22/h1-18H,(H,28,29). The van der Waals surface area contributed by atoms with Gasteiger partial charge in [-0.2, -0.15) is 5.10 Å². The van der Waals surface area contributed by atoms with E-state index in [9.17, 15) is 4.79 Å². The van der Waals surface area contributed by atoms with Crippen LogP contribution in [0, 0.1) is 0 Å². The summed E-state index contributed by atoms with van der Waals surface area (Å²) < 4.78 is 0. The van der Waals surface area contributed by atoms with Crippen LogP contribution in [-0.2, 0) is 0 Å². The molecule has 0 spiro atoms. The number of amides is 1. The lowest BCUT2D eigenvalue weighted by Gasteiger charge is -2.08. The van der Waals surface area contributed by atoms with E-state index in [1.165, 1.54) is 0 Å². The number of benzene rings is 3. The molecule has 1 heterocycles. The number of nitrogens with zero attached hydrogens (tertiary/aromatic N) is 2. The molecule has 3 aromatic carbocycles. The van der Waals surface area contributed by atoms with Crippen molar-refractivity contribution in [3.63, 3.8) is 0 Å². The van der Waals surface area contributed by atoms with Crippen molar-refractivity contribution in [1.82, 2.24) is 10.4 Å². The third-order valence-corrected chi connectivity index (χ3v) is 4.52. The van der Waals surface area contributed by atoms with Crippen molar-refractivity contribution >= 4 is 11.6 Å². The number of nitrogens with one attached hydrogen (secondary N) is 1. The minimum atomic E-state index is -0.257. The van der Waals surface area contributed by atoms with Crippen LogP contribution in [0.25, 0.3) is 11.1 Å². The van der Waals surface area contributed by atoms with Gasteiger partial charge in [0.05, 0.1) is 5.71 Å². The van der Waals surface area contributed by atoms with Gasteiger partial charge in [0.2, 0.25) is 0 Å². The van der Waals surface area contributed by atoms with Crippen LogP contribution >= 0.6 is 0 Å². The maximum Gasteiger partial charge on any atom is 0.271 e. The molecule has 29 heavy (non-hydrogen) atoms. The van der Waals surface area contributed by atoms with Gasteiger partial charge in [-0.25, -0.2) is 5.43 Å². The Morgan fingerprint density at radius 2 is 1.17 bits per heavy atom. The summed E-state index contributed by atoms with van der Waals surface area (Å²) >= 11 is 0. The largest absolute Gasteiger partial charge is 0.271 e. The van der Waals surface area contributed by atoms with Gasteiger partial charge in [-0.05, 0) is 35.4 Å². The molecule has 0 aliphatic rings.